The fraction of sp³-hybridized carbons (Fsp3) is 0.107. The summed E-state index contributed by atoms with van der Waals surface area (Å²) in [6, 6.07) is 24.8. The van der Waals surface area contributed by atoms with Crippen LogP contribution in [-0.4, -0.2) is 19.7 Å². The van der Waals surface area contributed by atoms with Crippen LogP contribution >= 0.6 is 0 Å². The first-order valence-corrected chi connectivity index (χ1v) is 10.0. The molecule has 0 spiro atoms. The van der Waals surface area contributed by atoms with Gasteiger partial charge in [0.2, 0.25) is 0 Å². The number of hydrogen-bond acceptors (Lipinski definition) is 3. The van der Waals surface area contributed by atoms with E-state index in [0.29, 0.717) is 11.1 Å². The van der Waals surface area contributed by atoms with Gasteiger partial charge in [0.05, 0.1) is 12.7 Å². The zero-order chi connectivity index (χ0) is 21.7. The second-order valence-electron chi connectivity index (χ2n) is 6.64. The van der Waals surface area contributed by atoms with E-state index in [0.717, 1.165) is 23.3 Å². The van der Waals surface area contributed by atoms with Crippen LogP contribution in [0.2, 0.25) is 0 Å². The quantitative estimate of drug-likeness (QED) is 0.277. The summed E-state index contributed by atoms with van der Waals surface area (Å²) in [7, 11) is 1.62. The third-order valence-corrected chi connectivity index (χ3v) is 4.44. The van der Waals surface area contributed by atoms with E-state index in [4.69, 9.17) is 9.47 Å². The molecular weight excluding hydrogens is 384 g/mol. The van der Waals surface area contributed by atoms with Crippen molar-refractivity contribution in [3.05, 3.63) is 119 Å². The van der Waals surface area contributed by atoms with E-state index in [9.17, 15) is 4.79 Å². The zero-order valence-electron chi connectivity index (χ0n) is 17.5. The van der Waals surface area contributed by atoms with Crippen molar-refractivity contribution in [2.24, 2.45) is 0 Å². The maximum absolute atomic E-state index is 12.5. The maximum Gasteiger partial charge on any atom is 0.339 e. The van der Waals surface area contributed by atoms with E-state index in [-0.39, 0.29) is 12.6 Å². The van der Waals surface area contributed by atoms with Crippen molar-refractivity contribution in [2.45, 2.75) is 6.42 Å². The summed E-state index contributed by atoms with van der Waals surface area (Å²) >= 11 is 0. The molecule has 0 radical (unpaired) electrons. The Morgan fingerprint density at radius 2 is 1.58 bits per heavy atom. The van der Waals surface area contributed by atoms with E-state index in [1.807, 2.05) is 66.7 Å². The van der Waals surface area contributed by atoms with Gasteiger partial charge in [0, 0.05) is 11.1 Å². The lowest BCUT2D eigenvalue weighted by Gasteiger charge is -2.04. The molecule has 0 aliphatic carbocycles. The molecule has 0 aliphatic rings. The number of carbonyl (C=O) groups excluding carboxylic acids is 1. The van der Waals surface area contributed by atoms with Crippen LogP contribution in [-0.2, 0) is 4.74 Å². The average Bonchev–Trinajstić information content (AvgIpc) is 2.83. The third-order valence-electron chi connectivity index (χ3n) is 4.44. The van der Waals surface area contributed by atoms with Crippen LogP contribution in [0.25, 0.3) is 6.08 Å². The predicted octanol–water partition coefficient (Wildman–Crippen LogP) is 5.91. The molecule has 0 unspecified atom stereocenters. The molecule has 0 atom stereocenters. The predicted molar refractivity (Wildman–Crippen MR) is 125 cm³/mol. The number of methoxy groups -OCH3 is 1. The van der Waals surface area contributed by atoms with Gasteiger partial charge < -0.3 is 9.47 Å². The van der Waals surface area contributed by atoms with Gasteiger partial charge in [0.15, 0.2) is 0 Å². The molecule has 0 aliphatic heterocycles. The first-order valence-electron chi connectivity index (χ1n) is 10.0. The topological polar surface area (TPSA) is 35.5 Å². The Balaban J connectivity index is 1.54. The molecule has 154 valence electrons. The fourth-order valence-electron chi connectivity index (χ4n) is 2.80. The summed E-state index contributed by atoms with van der Waals surface area (Å²) in [5, 5.41) is 0. The highest BCUT2D eigenvalue weighted by Gasteiger charge is 2.10. The molecule has 0 saturated carbocycles. The summed E-state index contributed by atoms with van der Waals surface area (Å²) in [6.45, 7) is 0.220. The summed E-state index contributed by atoms with van der Waals surface area (Å²) in [4.78, 5) is 12.5. The van der Waals surface area contributed by atoms with E-state index in [1.54, 1.807) is 19.2 Å². The van der Waals surface area contributed by atoms with Crippen molar-refractivity contribution in [1.29, 1.82) is 0 Å². The monoisotopic (exact) mass is 408 g/mol. The number of allylic oxidation sites excluding steroid dienone is 2. The first kappa shape index (κ1) is 21.7. The third kappa shape index (κ3) is 7.06. The molecule has 31 heavy (non-hydrogen) atoms. The second kappa shape index (κ2) is 11.8. The summed E-state index contributed by atoms with van der Waals surface area (Å²) < 4.78 is 10.5. The molecule has 0 fully saturated rings. The minimum atomic E-state index is -0.385. The van der Waals surface area contributed by atoms with Gasteiger partial charge in [-0.25, -0.2) is 4.79 Å². The van der Waals surface area contributed by atoms with E-state index in [2.05, 4.69) is 36.1 Å². The summed E-state index contributed by atoms with van der Waals surface area (Å²) in [6.07, 6.45) is 8.73. The molecule has 3 nitrogen and oxygen atoms in total. The molecule has 0 saturated heterocycles. The van der Waals surface area contributed by atoms with Gasteiger partial charge in [0.25, 0.3) is 0 Å². The number of benzene rings is 3. The van der Waals surface area contributed by atoms with Crippen molar-refractivity contribution >= 4 is 12.0 Å². The first-order chi connectivity index (χ1) is 15.3. The highest BCUT2D eigenvalue weighted by molar-refractivity contribution is 5.92. The van der Waals surface area contributed by atoms with E-state index in [1.165, 1.54) is 0 Å². The number of carbonyl (C=O) groups is 1. The Bertz CT molecular complexity index is 1100. The molecule has 3 aromatic carbocycles. The molecular formula is C28H24O3. The Hall–Kier alpha value is -4.03. The van der Waals surface area contributed by atoms with Gasteiger partial charge in [-0.2, -0.15) is 0 Å². The van der Waals surface area contributed by atoms with Crippen LogP contribution in [0.5, 0.6) is 5.75 Å². The minimum absolute atomic E-state index is 0.220. The number of rotatable bonds is 7. The summed E-state index contributed by atoms with van der Waals surface area (Å²) in [5.41, 5.74) is 3.10. The van der Waals surface area contributed by atoms with E-state index >= 15 is 0 Å². The van der Waals surface area contributed by atoms with Gasteiger partial charge >= 0.3 is 5.97 Å². The zero-order valence-corrected chi connectivity index (χ0v) is 17.5. The average molecular weight is 408 g/mol. The lowest BCUT2D eigenvalue weighted by molar-refractivity contribution is 0.0549. The Labute approximate surface area is 183 Å². The Morgan fingerprint density at radius 1 is 0.839 bits per heavy atom. The standard InChI is InChI=1S/C28H24O3/c1-30-26-20-17-24(18-21-26)16-19-25-14-8-9-15-27(25)28(29)31-22-10-3-2-5-11-23-12-6-4-7-13-23/h3-15,17-18,20-21H,2,22H2,1H3/b10-3+,11-5+. The van der Waals surface area contributed by atoms with Crippen LogP contribution in [0.3, 0.4) is 0 Å². The van der Waals surface area contributed by atoms with Crippen molar-refractivity contribution in [3.63, 3.8) is 0 Å². The summed E-state index contributed by atoms with van der Waals surface area (Å²) in [5.74, 6) is 6.53. The van der Waals surface area contributed by atoms with Gasteiger partial charge in [0.1, 0.15) is 12.4 Å². The van der Waals surface area contributed by atoms with Gasteiger partial charge in [-0.05, 0) is 48.4 Å². The molecule has 3 rings (SSSR count). The van der Waals surface area contributed by atoms with Crippen molar-refractivity contribution in [3.8, 4) is 17.6 Å². The molecule has 0 bridgehead atoms. The largest absolute Gasteiger partial charge is 0.497 e. The van der Waals surface area contributed by atoms with Crippen LogP contribution in [0, 0.1) is 11.8 Å². The lowest BCUT2D eigenvalue weighted by atomic mass is 10.1. The number of esters is 1. The minimum Gasteiger partial charge on any atom is -0.497 e. The van der Waals surface area contributed by atoms with Crippen molar-refractivity contribution in [1.82, 2.24) is 0 Å². The SMILES string of the molecule is COc1ccc(C#Cc2ccccc2C(=O)OC/C=C/C/C=C/c2ccccc2)cc1. The number of ether oxygens (including phenoxy) is 2. The smallest absolute Gasteiger partial charge is 0.339 e. The van der Waals surface area contributed by atoms with Crippen LogP contribution < -0.4 is 4.74 Å². The van der Waals surface area contributed by atoms with Gasteiger partial charge in [-0.3, -0.25) is 0 Å². The van der Waals surface area contributed by atoms with Crippen LogP contribution in [0.1, 0.15) is 33.5 Å². The molecule has 3 aromatic rings. The van der Waals surface area contributed by atoms with E-state index < -0.39 is 0 Å². The highest BCUT2D eigenvalue weighted by atomic mass is 16.5. The van der Waals surface area contributed by atoms with Gasteiger partial charge in [-0.1, -0.05) is 78.6 Å². The van der Waals surface area contributed by atoms with Crippen LogP contribution in [0.15, 0.2) is 97.1 Å². The van der Waals surface area contributed by atoms with Gasteiger partial charge in [-0.15, -0.1) is 0 Å². The highest BCUT2D eigenvalue weighted by Crippen LogP contribution is 2.12. The fourth-order valence-corrected chi connectivity index (χ4v) is 2.80. The lowest BCUT2D eigenvalue weighted by Crippen LogP contribution is -2.07. The molecule has 0 N–H and O–H groups in total. The molecule has 0 heterocycles. The van der Waals surface area contributed by atoms with Crippen molar-refractivity contribution < 1.29 is 14.3 Å². The number of hydrogen-bond donors (Lipinski definition) is 0. The van der Waals surface area contributed by atoms with Crippen molar-refractivity contribution in [2.75, 3.05) is 13.7 Å². The molecule has 3 heteroatoms. The van der Waals surface area contributed by atoms with Crippen LogP contribution in [0.4, 0.5) is 0 Å². The molecule has 0 amide bonds. The molecule has 0 aromatic heterocycles. The normalized spacial score (nSPS) is 10.6. The maximum atomic E-state index is 12.5. The Morgan fingerprint density at radius 3 is 2.35 bits per heavy atom. The second-order valence-corrected chi connectivity index (χ2v) is 6.64. The Kier molecular flexibility index (Phi) is 8.28.